The number of benzene rings is 1. The normalized spacial score (nSPS) is 20.2. The van der Waals surface area contributed by atoms with Gasteiger partial charge >= 0.3 is 5.97 Å². The summed E-state index contributed by atoms with van der Waals surface area (Å²) >= 11 is 0. The van der Waals surface area contributed by atoms with Crippen molar-refractivity contribution >= 4 is 11.8 Å². The largest absolute Gasteiger partial charge is 0.481 e. The lowest BCUT2D eigenvalue weighted by atomic mass is 9.75. The minimum atomic E-state index is -1.15. The Labute approximate surface area is 150 Å². The first kappa shape index (κ1) is 18.2. The van der Waals surface area contributed by atoms with Crippen LogP contribution in [0.2, 0.25) is 0 Å². The van der Waals surface area contributed by atoms with Crippen LogP contribution < -0.4 is 4.90 Å². The van der Waals surface area contributed by atoms with Crippen molar-refractivity contribution in [1.29, 1.82) is 0 Å². The number of aryl methyl sites for hydroxylation is 1. The van der Waals surface area contributed by atoms with Gasteiger partial charge in [-0.05, 0) is 44.7 Å². The quantitative estimate of drug-likeness (QED) is 0.905. The highest BCUT2D eigenvalue weighted by atomic mass is 19.1. The SMILES string of the molecule is Cc1ncnc(N2CCCC(Cc3ccc(F)cc3F)(C(=O)O)C2)c1C. The number of carboxylic acids is 1. The second-order valence-corrected chi connectivity index (χ2v) is 6.93. The van der Waals surface area contributed by atoms with Gasteiger partial charge in [-0.1, -0.05) is 6.07 Å². The van der Waals surface area contributed by atoms with Crippen LogP contribution in [0, 0.1) is 30.9 Å². The molecule has 1 N–H and O–H groups in total. The average Bonchev–Trinajstić information content (AvgIpc) is 2.60. The summed E-state index contributed by atoms with van der Waals surface area (Å²) in [7, 11) is 0. The molecule has 1 aromatic carbocycles. The predicted octanol–water partition coefficient (Wildman–Crippen LogP) is 3.29. The Hall–Kier alpha value is -2.57. The first-order chi connectivity index (χ1) is 12.3. The van der Waals surface area contributed by atoms with Crippen molar-refractivity contribution in [2.45, 2.75) is 33.1 Å². The molecule has 1 unspecified atom stereocenters. The monoisotopic (exact) mass is 361 g/mol. The van der Waals surface area contributed by atoms with Crippen LogP contribution in [0.4, 0.5) is 14.6 Å². The number of aliphatic carboxylic acids is 1. The van der Waals surface area contributed by atoms with Gasteiger partial charge < -0.3 is 10.0 Å². The lowest BCUT2D eigenvalue weighted by Gasteiger charge is -2.41. The smallest absolute Gasteiger partial charge is 0.311 e. The highest BCUT2D eigenvalue weighted by Gasteiger charge is 2.43. The van der Waals surface area contributed by atoms with Crippen molar-refractivity contribution in [2.75, 3.05) is 18.0 Å². The topological polar surface area (TPSA) is 66.3 Å². The number of anilines is 1. The Morgan fingerprint density at radius 2 is 2.08 bits per heavy atom. The van der Waals surface area contributed by atoms with Crippen LogP contribution in [0.1, 0.15) is 29.7 Å². The molecule has 7 heteroatoms. The highest BCUT2D eigenvalue weighted by Crippen LogP contribution is 2.37. The van der Waals surface area contributed by atoms with E-state index in [9.17, 15) is 18.7 Å². The Kier molecular flexibility index (Phi) is 4.89. The van der Waals surface area contributed by atoms with Gasteiger partial charge in [0, 0.05) is 30.4 Å². The molecule has 3 rings (SSSR count). The van der Waals surface area contributed by atoms with Crippen LogP contribution in [-0.4, -0.2) is 34.1 Å². The highest BCUT2D eigenvalue weighted by molar-refractivity contribution is 5.76. The molecular weight excluding hydrogens is 340 g/mol. The maximum Gasteiger partial charge on any atom is 0.311 e. The number of carboxylic acid groups (broad SMARTS) is 1. The molecule has 0 bridgehead atoms. The van der Waals surface area contributed by atoms with E-state index in [1.165, 1.54) is 12.4 Å². The molecule has 5 nitrogen and oxygen atoms in total. The average molecular weight is 361 g/mol. The van der Waals surface area contributed by atoms with Crippen LogP contribution >= 0.6 is 0 Å². The third-order valence-electron chi connectivity index (χ3n) is 5.18. The van der Waals surface area contributed by atoms with Crippen molar-refractivity contribution in [2.24, 2.45) is 5.41 Å². The number of piperidine rings is 1. The third kappa shape index (κ3) is 3.38. The molecule has 0 spiro atoms. The molecule has 1 fully saturated rings. The summed E-state index contributed by atoms with van der Waals surface area (Å²) in [6.45, 7) is 4.68. The van der Waals surface area contributed by atoms with Gasteiger partial charge in [0.2, 0.25) is 0 Å². The first-order valence-corrected chi connectivity index (χ1v) is 8.53. The van der Waals surface area contributed by atoms with E-state index in [0.717, 1.165) is 23.4 Å². The fourth-order valence-electron chi connectivity index (χ4n) is 3.58. The number of nitrogens with zero attached hydrogens (tertiary/aromatic N) is 3. The van der Waals surface area contributed by atoms with Crippen molar-refractivity contribution in [3.8, 4) is 0 Å². The molecule has 2 heterocycles. The third-order valence-corrected chi connectivity index (χ3v) is 5.18. The van der Waals surface area contributed by atoms with E-state index in [2.05, 4.69) is 9.97 Å². The van der Waals surface area contributed by atoms with Crippen molar-refractivity contribution in [1.82, 2.24) is 9.97 Å². The van der Waals surface area contributed by atoms with Crippen molar-refractivity contribution in [3.63, 3.8) is 0 Å². The van der Waals surface area contributed by atoms with E-state index < -0.39 is 23.0 Å². The van der Waals surface area contributed by atoms with Gasteiger partial charge in [0.1, 0.15) is 23.8 Å². The van der Waals surface area contributed by atoms with Gasteiger partial charge in [0.25, 0.3) is 0 Å². The molecule has 0 saturated carbocycles. The Balaban J connectivity index is 1.93. The lowest BCUT2D eigenvalue weighted by Crippen LogP contribution is -2.49. The minimum absolute atomic E-state index is 0.00800. The molecule has 0 aliphatic carbocycles. The first-order valence-electron chi connectivity index (χ1n) is 8.53. The Morgan fingerprint density at radius 1 is 1.31 bits per heavy atom. The van der Waals surface area contributed by atoms with E-state index in [1.54, 1.807) is 0 Å². The van der Waals surface area contributed by atoms with Crippen LogP contribution in [0.15, 0.2) is 24.5 Å². The maximum atomic E-state index is 14.1. The van der Waals surface area contributed by atoms with Crippen LogP contribution in [0.5, 0.6) is 0 Å². The number of hydrogen-bond acceptors (Lipinski definition) is 4. The van der Waals surface area contributed by atoms with E-state index in [1.807, 2.05) is 18.7 Å². The zero-order valence-electron chi connectivity index (χ0n) is 14.8. The molecule has 1 aromatic heterocycles. The van der Waals surface area contributed by atoms with Crippen molar-refractivity contribution < 1.29 is 18.7 Å². The predicted molar refractivity (Wildman–Crippen MR) is 93.1 cm³/mol. The molecule has 1 atom stereocenters. The molecule has 2 aromatic rings. The van der Waals surface area contributed by atoms with Crippen LogP contribution in [-0.2, 0) is 11.2 Å². The number of hydrogen-bond donors (Lipinski definition) is 1. The second-order valence-electron chi connectivity index (χ2n) is 6.93. The van der Waals surface area contributed by atoms with E-state index >= 15 is 0 Å². The summed E-state index contributed by atoms with van der Waals surface area (Å²) in [4.78, 5) is 22.5. The summed E-state index contributed by atoms with van der Waals surface area (Å²) in [6.07, 6.45) is 2.55. The van der Waals surface area contributed by atoms with Gasteiger partial charge in [-0.3, -0.25) is 4.79 Å². The standard InChI is InChI=1S/C19H21F2N3O2/c1-12-13(2)22-11-23-17(12)24-7-3-6-19(10-24,18(25)26)9-14-4-5-15(20)8-16(14)21/h4-5,8,11H,3,6-7,9-10H2,1-2H3,(H,25,26). The molecular formula is C19H21F2N3O2. The fraction of sp³-hybridized carbons (Fsp3) is 0.421. The summed E-state index contributed by atoms with van der Waals surface area (Å²) in [5.74, 6) is -1.65. The zero-order chi connectivity index (χ0) is 18.9. The van der Waals surface area contributed by atoms with Gasteiger partial charge in [-0.25, -0.2) is 18.7 Å². The van der Waals surface area contributed by atoms with Crippen LogP contribution in [0.25, 0.3) is 0 Å². The molecule has 1 aliphatic rings. The molecule has 1 saturated heterocycles. The second kappa shape index (κ2) is 6.97. The van der Waals surface area contributed by atoms with E-state index in [-0.39, 0.29) is 18.5 Å². The molecule has 0 amide bonds. The fourth-order valence-corrected chi connectivity index (χ4v) is 3.58. The molecule has 138 valence electrons. The van der Waals surface area contributed by atoms with Gasteiger partial charge in [0.05, 0.1) is 5.41 Å². The number of aromatic nitrogens is 2. The van der Waals surface area contributed by atoms with E-state index in [4.69, 9.17) is 0 Å². The van der Waals surface area contributed by atoms with Crippen molar-refractivity contribution in [3.05, 3.63) is 53.0 Å². The summed E-state index contributed by atoms with van der Waals surface area (Å²) in [5, 5.41) is 9.93. The summed E-state index contributed by atoms with van der Waals surface area (Å²) in [6, 6.07) is 3.28. The maximum absolute atomic E-state index is 14.1. The lowest BCUT2D eigenvalue weighted by molar-refractivity contribution is -0.149. The van der Waals surface area contributed by atoms with E-state index in [0.29, 0.717) is 25.2 Å². The Morgan fingerprint density at radius 3 is 2.77 bits per heavy atom. The summed E-state index contributed by atoms with van der Waals surface area (Å²) in [5.41, 5.74) is 0.807. The molecule has 1 aliphatic heterocycles. The van der Waals surface area contributed by atoms with Gasteiger partial charge in [-0.15, -0.1) is 0 Å². The van der Waals surface area contributed by atoms with Gasteiger partial charge in [0.15, 0.2) is 0 Å². The minimum Gasteiger partial charge on any atom is -0.481 e. The van der Waals surface area contributed by atoms with Crippen LogP contribution in [0.3, 0.4) is 0 Å². The number of halogens is 2. The number of rotatable bonds is 4. The molecule has 26 heavy (non-hydrogen) atoms. The number of carbonyl (C=O) groups is 1. The molecule has 0 radical (unpaired) electrons. The zero-order valence-corrected chi connectivity index (χ0v) is 14.8. The summed E-state index contributed by atoms with van der Waals surface area (Å²) < 4.78 is 27.3. The van der Waals surface area contributed by atoms with Gasteiger partial charge in [-0.2, -0.15) is 0 Å². The Bertz CT molecular complexity index is 844.